The number of anilines is 1. The molecular weight excluding hydrogens is 490 g/mol. The quantitative estimate of drug-likeness (QED) is 0.573. The Bertz CT molecular complexity index is 1040. The minimum atomic E-state index is -0.503. The Balaban J connectivity index is 1.51. The average molecular weight is 516 g/mol. The van der Waals surface area contributed by atoms with E-state index in [1.165, 1.54) is 17.3 Å². The van der Waals surface area contributed by atoms with Crippen LogP contribution in [0.1, 0.15) is 30.4 Å². The third-order valence-corrected chi connectivity index (χ3v) is 7.35. The van der Waals surface area contributed by atoms with E-state index in [1.54, 1.807) is 4.90 Å². The predicted octanol–water partition coefficient (Wildman–Crippen LogP) is 5.21. The smallest absolute Gasteiger partial charge is 0.242 e. The van der Waals surface area contributed by atoms with E-state index in [0.29, 0.717) is 17.4 Å². The van der Waals surface area contributed by atoms with Crippen molar-refractivity contribution in [3.63, 3.8) is 0 Å². The van der Waals surface area contributed by atoms with E-state index in [-0.39, 0.29) is 24.3 Å². The molecule has 2 saturated heterocycles. The first-order valence-electron chi connectivity index (χ1n) is 10.7. The van der Waals surface area contributed by atoms with E-state index in [1.807, 2.05) is 49.4 Å². The van der Waals surface area contributed by atoms with Crippen molar-refractivity contribution < 1.29 is 14.3 Å². The van der Waals surface area contributed by atoms with E-state index in [2.05, 4.69) is 28.2 Å². The molecule has 0 aromatic heterocycles. The lowest BCUT2D eigenvalue weighted by atomic mass is 10.1. The summed E-state index contributed by atoms with van der Waals surface area (Å²) in [6, 6.07) is 13.4. The number of carbonyl (C=O) groups excluding carboxylic acids is 2. The lowest BCUT2D eigenvalue weighted by Crippen LogP contribution is -2.38. The second-order valence-electron chi connectivity index (χ2n) is 8.11. The fourth-order valence-electron chi connectivity index (χ4n) is 3.70. The summed E-state index contributed by atoms with van der Waals surface area (Å²) in [4.78, 5) is 32.3. The number of amidine groups is 1. The number of nitrogens with zero attached hydrogens (tertiary/aromatic N) is 2. The van der Waals surface area contributed by atoms with Crippen molar-refractivity contribution in [3.8, 4) is 0 Å². The minimum Gasteiger partial charge on any atom is -0.376 e. The Kier molecular flexibility index (Phi) is 7.33. The van der Waals surface area contributed by atoms with Crippen LogP contribution in [0.5, 0.6) is 0 Å². The lowest BCUT2D eigenvalue weighted by Gasteiger charge is -2.20. The summed E-state index contributed by atoms with van der Waals surface area (Å²) in [7, 11) is 0. The molecule has 1 N–H and O–H groups in total. The topological polar surface area (TPSA) is 71.0 Å². The number of nitrogens with one attached hydrogen (secondary N) is 1. The minimum absolute atomic E-state index is 0.0137. The first kappa shape index (κ1) is 23.0. The molecule has 2 fully saturated rings. The molecule has 0 spiro atoms. The Hall–Kier alpha value is -2.16. The van der Waals surface area contributed by atoms with Crippen LogP contribution in [-0.4, -0.2) is 46.4 Å². The van der Waals surface area contributed by atoms with Gasteiger partial charge in [-0.05, 0) is 74.2 Å². The fraction of sp³-hybridized carbons (Fsp3) is 0.375. The Morgan fingerprint density at radius 2 is 2.00 bits per heavy atom. The van der Waals surface area contributed by atoms with Gasteiger partial charge in [-0.1, -0.05) is 33.8 Å². The van der Waals surface area contributed by atoms with Crippen molar-refractivity contribution in [2.45, 2.75) is 44.5 Å². The number of aryl methyl sites for hydroxylation is 2. The van der Waals surface area contributed by atoms with Crippen molar-refractivity contribution in [1.29, 1.82) is 0 Å². The highest BCUT2D eigenvalue weighted by Gasteiger charge is 2.40. The zero-order valence-corrected chi connectivity index (χ0v) is 20.5. The molecule has 0 radical (unpaired) electrons. The van der Waals surface area contributed by atoms with E-state index >= 15 is 0 Å². The van der Waals surface area contributed by atoms with Crippen molar-refractivity contribution >= 4 is 56.0 Å². The molecule has 0 bridgehead atoms. The number of hydrogen-bond donors (Lipinski definition) is 1. The van der Waals surface area contributed by atoms with Gasteiger partial charge in [-0.2, -0.15) is 0 Å². The number of carbonyl (C=O) groups is 2. The van der Waals surface area contributed by atoms with Gasteiger partial charge < -0.3 is 10.1 Å². The summed E-state index contributed by atoms with van der Waals surface area (Å²) in [5.41, 5.74) is 3.86. The van der Waals surface area contributed by atoms with Crippen molar-refractivity contribution in [3.05, 3.63) is 58.1 Å². The largest absolute Gasteiger partial charge is 0.376 e. The summed E-state index contributed by atoms with van der Waals surface area (Å²) in [5, 5.41) is 3.01. The summed E-state index contributed by atoms with van der Waals surface area (Å²) >= 11 is 4.74. The molecule has 0 aliphatic carbocycles. The Labute approximate surface area is 200 Å². The number of ether oxygens (including phenoxy) is 1. The van der Waals surface area contributed by atoms with Crippen LogP contribution in [0.15, 0.2) is 51.9 Å². The van der Waals surface area contributed by atoms with E-state index in [9.17, 15) is 9.59 Å². The summed E-state index contributed by atoms with van der Waals surface area (Å²) in [5.74, 6) is -0.276. The molecule has 2 aliphatic rings. The van der Waals surface area contributed by atoms with Gasteiger partial charge in [0.15, 0.2) is 5.17 Å². The van der Waals surface area contributed by atoms with Crippen LogP contribution < -0.4 is 5.32 Å². The molecule has 6 nitrogen and oxygen atoms in total. The fourth-order valence-corrected chi connectivity index (χ4v) is 5.14. The van der Waals surface area contributed by atoms with Crippen LogP contribution in [-0.2, 0) is 14.3 Å². The molecule has 0 saturated carbocycles. The van der Waals surface area contributed by atoms with Crippen molar-refractivity contribution in [1.82, 2.24) is 4.90 Å². The second-order valence-corrected chi connectivity index (χ2v) is 10.2. The molecule has 2 atom stereocenters. The first-order valence-corrected chi connectivity index (χ1v) is 12.4. The number of hydrogen-bond acceptors (Lipinski definition) is 5. The molecule has 8 heteroatoms. The summed E-state index contributed by atoms with van der Waals surface area (Å²) in [6.07, 6.45) is 2.04. The first-order chi connectivity index (χ1) is 15.4. The van der Waals surface area contributed by atoms with E-state index in [0.717, 1.165) is 35.2 Å². The maximum absolute atomic E-state index is 13.2. The number of aliphatic imine (C=N–C) groups is 1. The molecule has 4 rings (SSSR count). The summed E-state index contributed by atoms with van der Waals surface area (Å²) in [6.45, 7) is 5.30. The predicted molar refractivity (Wildman–Crippen MR) is 132 cm³/mol. The molecule has 2 aromatic carbocycles. The number of rotatable bonds is 6. The van der Waals surface area contributed by atoms with Crippen LogP contribution in [0.2, 0.25) is 0 Å². The van der Waals surface area contributed by atoms with Crippen LogP contribution in [0.25, 0.3) is 0 Å². The molecule has 168 valence electrons. The third kappa shape index (κ3) is 5.60. The van der Waals surface area contributed by atoms with Crippen LogP contribution >= 0.6 is 27.7 Å². The number of halogens is 1. The van der Waals surface area contributed by atoms with Gasteiger partial charge in [0.1, 0.15) is 5.25 Å². The molecule has 2 amide bonds. The lowest BCUT2D eigenvalue weighted by molar-refractivity contribution is -0.129. The van der Waals surface area contributed by atoms with Gasteiger partial charge in [0, 0.05) is 23.2 Å². The van der Waals surface area contributed by atoms with Gasteiger partial charge in [-0.15, -0.1) is 0 Å². The van der Waals surface area contributed by atoms with Crippen molar-refractivity contribution in [2.75, 3.05) is 18.5 Å². The SMILES string of the molecule is Cc1ccc(N=C2S[C@H](CC(=O)Nc3ccc(Br)cc3)C(=O)N2C[C@@H]2CCCO2)cc1C. The average Bonchev–Trinajstić information content (AvgIpc) is 3.37. The molecule has 0 unspecified atom stereocenters. The van der Waals surface area contributed by atoms with Gasteiger partial charge in [0.05, 0.1) is 18.3 Å². The van der Waals surface area contributed by atoms with E-state index in [4.69, 9.17) is 9.73 Å². The maximum atomic E-state index is 13.2. The van der Waals surface area contributed by atoms with Crippen LogP contribution in [0, 0.1) is 13.8 Å². The van der Waals surface area contributed by atoms with Crippen LogP contribution in [0.4, 0.5) is 11.4 Å². The molecule has 32 heavy (non-hydrogen) atoms. The van der Waals surface area contributed by atoms with Crippen LogP contribution in [0.3, 0.4) is 0 Å². The van der Waals surface area contributed by atoms with Gasteiger partial charge in [0.2, 0.25) is 11.8 Å². The maximum Gasteiger partial charge on any atom is 0.242 e. The zero-order chi connectivity index (χ0) is 22.7. The van der Waals surface area contributed by atoms with Gasteiger partial charge in [-0.25, -0.2) is 4.99 Å². The van der Waals surface area contributed by atoms with Gasteiger partial charge >= 0.3 is 0 Å². The second kappa shape index (κ2) is 10.2. The highest BCUT2D eigenvalue weighted by atomic mass is 79.9. The highest BCUT2D eigenvalue weighted by Crippen LogP contribution is 2.33. The summed E-state index contributed by atoms with van der Waals surface area (Å²) < 4.78 is 6.70. The highest BCUT2D eigenvalue weighted by molar-refractivity contribution is 9.10. The Morgan fingerprint density at radius 3 is 2.69 bits per heavy atom. The molecule has 2 heterocycles. The standard InChI is InChI=1S/C24H26BrN3O3S/c1-15-5-8-19(12-16(15)2)27-24-28(14-20-4-3-11-31-20)23(30)21(32-24)13-22(29)26-18-9-6-17(25)7-10-18/h5-10,12,20-21H,3-4,11,13-14H2,1-2H3,(H,26,29)/t20-,21+/m0/s1. The number of thioether (sulfide) groups is 1. The third-order valence-electron chi connectivity index (χ3n) is 5.64. The number of amides is 2. The Morgan fingerprint density at radius 1 is 1.22 bits per heavy atom. The zero-order valence-electron chi connectivity index (χ0n) is 18.1. The number of benzene rings is 2. The monoisotopic (exact) mass is 515 g/mol. The normalized spacial score (nSPS) is 22.0. The van der Waals surface area contributed by atoms with E-state index < -0.39 is 5.25 Å². The van der Waals surface area contributed by atoms with Gasteiger partial charge in [-0.3, -0.25) is 14.5 Å². The van der Waals surface area contributed by atoms with Gasteiger partial charge in [0.25, 0.3) is 0 Å². The molecule has 2 aliphatic heterocycles. The molecule has 2 aromatic rings. The molecular formula is C24H26BrN3O3S. The van der Waals surface area contributed by atoms with Crippen molar-refractivity contribution in [2.24, 2.45) is 4.99 Å².